The number of ether oxygens (including phenoxy) is 1. The van der Waals surface area contributed by atoms with Gasteiger partial charge < -0.3 is 10.1 Å². The molecule has 1 amide bonds. The molecular weight excluding hydrogens is 214 g/mol. The maximum Gasteiger partial charge on any atom is 0.256 e. The molecule has 1 aromatic rings. The highest BCUT2D eigenvalue weighted by atomic mass is 16.5. The van der Waals surface area contributed by atoms with Gasteiger partial charge in [-0.15, -0.1) is 0 Å². The molecule has 0 aromatic heterocycles. The highest BCUT2D eigenvalue weighted by Gasteiger charge is 2.27. The lowest BCUT2D eigenvalue weighted by Gasteiger charge is -2.23. The zero-order chi connectivity index (χ0) is 13.1. The number of benzene rings is 1. The average molecular weight is 235 g/mol. The number of methoxy groups -OCH3 is 1. The molecule has 0 saturated heterocycles. The summed E-state index contributed by atoms with van der Waals surface area (Å²) in [6.07, 6.45) is 0. The van der Waals surface area contributed by atoms with Crippen LogP contribution in [0.15, 0.2) is 24.3 Å². The second-order valence-electron chi connectivity index (χ2n) is 4.91. The standard InChI is InChI=1S/C14H21NO2/c1-10(2)11-8-6-7-9-12(11)15-13(16)14(3,4)17-5/h6-10H,1-5H3,(H,15,16). The van der Waals surface area contributed by atoms with E-state index in [1.54, 1.807) is 13.8 Å². The van der Waals surface area contributed by atoms with Crippen molar-refractivity contribution in [2.24, 2.45) is 0 Å². The predicted octanol–water partition coefficient (Wildman–Crippen LogP) is 3.17. The second kappa shape index (κ2) is 5.32. The molecule has 1 N–H and O–H groups in total. The van der Waals surface area contributed by atoms with Gasteiger partial charge in [-0.05, 0) is 31.4 Å². The van der Waals surface area contributed by atoms with Gasteiger partial charge >= 0.3 is 0 Å². The Morgan fingerprint density at radius 3 is 2.41 bits per heavy atom. The number of para-hydroxylation sites is 1. The van der Waals surface area contributed by atoms with E-state index in [1.165, 1.54) is 7.11 Å². The number of nitrogens with one attached hydrogen (secondary N) is 1. The van der Waals surface area contributed by atoms with Crippen LogP contribution in [0, 0.1) is 0 Å². The first-order chi connectivity index (χ1) is 7.88. The van der Waals surface area contributed by atoms with Gasteiger partial charge in [-0.25, -0.2) is 0 Å². The van der Waals surface area contributed by atoms with E-state index in [0.717, 1.165) is 11.3 Å². The Morgan fingerprint density at radius 1 is 1.29 bits per heavy atom. The quantitative estimate of drug-likeness (QED) is 0.870. The Labute approximate surface area is 103 Å². The lowest BCUT2D eigenvalue weighted by atomic mass is 10.0. The molecule has 3 nitrogen and oxygen atoms in total. The zero-order valence-electron chi connectivity index (χ0n) is 11.2. The molecule has 0 atom stereocenters. The number of carbonyl (C=O) groups excluding carboxylic acids is 1. The minimum atomic E-state index is -0.815. The summed E-state index contributed by atoms with van der Waals surface area (Å²) in [6, 6.07) is 7.84. The van der Waals surface area contributed by atoms with Crippen molar-refractivity contribution >= 4 is 11.6 Å². The second-order valence-corrected chi connectivity index (χ2v) is 4.91. The van der Waals surface area contributed by atoms with Gasteiger partial charge in [0.1, 0.15) is 5.60 Å². The van der Waals surface area contributed by atoms with E-state index in [-0.39, 0.29) is 5.91 Å². The van der Waals surface area contributed by atoms with Gasteiger partial charge in [0.15, 0.2) is 0 Å². The van der Waals surface area contributed by atoms with Crippen LogP contribution in [-0.2, 0) is 9.53 Å². The molecule has 0 unspecified atom stereocenters. The molecule has 0 fully saturated rings. The fraction of sp³-hybridized carbons (Fsp3) is 0.500. The summed E-state index contributed by atoms with van der Waals surface area (Å²) in [4.78, 5) is 12.0. The Bertz CT molecular complexity index is 397. The Balaban J connectivity index is 2.93. The summed E-state index contributed by atoms with van der Waals surface area (Å²) < 4.78 is 5.16. The number of hydrogen-bond donors (Lipinski definition) is 1. The molecule has 0 bridgehead atoms. The van der Waals surface area contributed by atoms with E-state index in [0.29, 0.717) is 5.92 Å². The van der Waals surface area contributed by atoms with E-state index in [2.05, 4.69) is 19.2 Å². The highest BCUT2D eigenvalue weighted by molar-refractivity contribution is 5.97. The topological polar surface area (TPSA) is 38.3 Å². The summed E-state index contributed by atoms with van der Waals surface area (Å²) in [6.45, 7) is 7.71. The summed E-state index contributed by atoms with van der Waals surface area (Å²) >= 11 is 0. The molecule has 0 aliphatic carbocycles. The van der Waals surface area contributed by atoms with Crippen molar-refractivity contribution in [3.63, 3.8) is 0 Å². The third-order valence-electron chi connectivity index (χ3n) is 2.89. The highest BCUT2D eigenvalue weighted by Crippen LogP contribution is 2.24. The van der Waals surface area contributed by atoms with Crippen LogP contribution in [0.25, 0.3) is 0 Å². The fourth-order valence-corrected chi connectivity index (χ4v) is 1.48. The van der Waals surface area contributed by atoms with Gasteiger partial charge in [0.25, 0.3) is 5.91 Å². The molecule has 0 saturated carbocycles. The summed E-state index contributed by atoms with van der Waals surface area (Å²) in [7, 11) is 1.54. The smallest absolute Gasteiger partial charge is 0.256 e. The molecule has 1 rings (SSSR count). The first-order valence-electron chi connectivity index (χ1n) is 5.84. The van der Waals surface area contributed by atoms with Crippen molar-refractivity contribution < 1.29 is 9.53 Å². The molecule has 94 valence electrons. The van der Waals surface area contributed by atoms with Crippen LogP contribution < -0.4 is 5.32 Å². The number of hydrogen-bond acceptors (Lipinski definition) is 2. The molecule has 1 aromatic carbocycles. The van der Waals surface area contributed by atoms with Gasteiger partial charge in [0, 0.05) is 12.8 Å². The van der Waals surface area contributed by atoms with Gasteiger partial charge in [-0.2, -0.15) is 0 Å². The van der Waals surface area contributed by atoms with Gasteiger partial charge in [-0.1, -0.05) is 32.0 Å². The van der Waals surface area contributed by atoms with Crippen LogP contribution in [0.5, 0.6) is 0 Å². The molecule has 0 spiro atoms. The maximum atomic E-state index is 12.0. The van der Waals surface area contributed by atoms with E-state index in [4.69, 9.17) is 4.74 Å². The monoisotopic (exact) mass is 235 g/mol. The van der Waals surface area contributed by atoms with Crippen LogP contribution in [0.3, 0.4) is 0 Å². The first-order valence-corrected chi connectivity index (χ1v) is 5.84. The van der Waals surface area contributed by atoms with E-state index < -0.39 is 5.60 Å². The lowest BCUT2D eigenvalue weighted by molar-refractivity contribution is -0.133. The third-order valence-corrected chi connectivity index (χ3v) is 2.89. The molecule has 0 aliphatic heterocycles. The van der Waals surface area contributed by atoms with E-state index in [1.807, 2.05) is 24.3 Å². The Kier molecular flexibility index (Phi) is 4.29. The van der Waals surface area contributed by atoms with E-state index >= 15 is 0 Å². The summed E-state index contributed by atoms with van der Waals surface area (Å²) in [5.41, 5.74) is 1.18. The molecule has 3 heteroatoms. The van der Waals surface area contributed by atoms with Gasteiger partial charge in [0.2, 0.25) is 0 Å². The maximum absolute atomic E-state index is 12.0. The average Bonchev–Trinajstić information content (AvgIpc) is 2.29. The van der Waals surface area contributed by atoms with Crippen LogP contribution in [0.1, 0.15) is 39.2 Å². The number of rotatable bonds is 4. The summed E-state index contributed by atoms with van der Waals surface area (Å²) in [5, 5.41) is 2.92. The SMILES string of the molecule is COC(C)(C)C(=O)Nc1ccccc1C(C)C. The molecule has 17 heavy (non-hydrogen) atoms. The first kappa shape index (κ1) is 13.7. The lowest BCUT2D eigenvalue weighted by Crippen LogP contribution is -2.39. The van der Waals surface area contributed by atoms with Crippen molar-refractivity contribution in [3.8, 4) is 0 Å². The Hall–Kier alpha value is -1.35. The molecule has 0 heterocycles. The molecule has 0 radical (unpaired) electrons. The minimum Gasteiger partial charge on any atom is -0.369 e. The van der Waals surface area contributed by atoms with Crippen molar-refractivity contribution in [1.82, 2.24) is 0 Å². The molecular formula is C14H21NO2. The fourth-order valence-electron chi connectivity index (χ4n) is 1.48. The van der Waals surface area contributed by atoms with Crippen LogP contribution in [-0.4, -0.2) is 18.6 Å². The van der Waals surface area contributed by atoms with Gasteiger partial charge in [0.05, 0.1) is 0 Å². The number of anilines is 1. The summed E-state index contributed by atoms with van der Waals surface area (Å²) in [5.74, 6) is 0.241. The third kappa shape index (κ3) is 3.30. The van der Waals surface area contributed by atoms with E-state index in [9.17, 15) is 4.79 Å². The van der Waals surface area contributed by atoms with Crippen LogP contribution in [0.2, 0.25) is 0 Å². The van der Waals surface area contributed by atoms with Crippen molar-refractivity contribution in [2.45, 2.75) is 39.2 Å². The minimum absolute atomic E-state index is 0.131. The van der Waals surface area contributed by atoms with Gasteiger partial charge in [-0.3, -0.25) is 4.79 Å². The largest absolute Gasteiger partial charge is 0.369 e. The predicted molar refractivity (Wildman–Crippen MR) is 70.2 cm³/mol. The van der Waals surface area contributed by atoms with Crippen LogP contribution in [0.4, 0.5) is 5.69 Å². The van der Waals surface area contributed by atoms with Crippen molar-refractivity contribution in [3.05, 3.63) is 29.8 Å². The van der Waals surface area contributed by atoms with Crippen molar-refractivity contribution in [1.29, 1.82) is 0 Å². The van der Waals surface area contributed by atoms with Crippen molar-refractivity contribution in [2.75, 3.05) is 12.4 Å². The normalized spacial score (nSPS) is 11.6. The number of amides is 1. The number of carbonyl (C=O) groups is 1. The zero-order valence-corrected chi connectivity index (χ0v) is 11.2. The van der Waals surface area contributed by atoms with Crippen LogP contribution >= 0.6 is 0 Å². The Morgan fingerprint density at radius 2 is 1.88 bits per heavy atom. The molecule has 0 aliphatic rings.